The van der Waals surface area contributed by atoms with Crippen LogP contribution >= 0.6 is 24.8 Å². The Kier molecular flexibility index (Phi) is 19.3. The Balaban J connectivity index is 0. The zero-order valence-corrected chi connectivity index (χ0v) is 23.9. The first kappa shape index (κ1) is 35.4. The summed E-state index contributed by atoms with van der Waals surface area (Å²) in [7, 11) is 3.36. The van der Waals surface area contributed by atoms with Crippen molar-refractivity contribution < 1.29 is 19.3 Å². The number of hydrogen-bond donors (Lipinski definition) is 3. The summed E-state index contributed by atoms with van der Waals surface area (Å²) >= 11 is 0. The molecule has 0 aliphatic heterocycles. The molecule has 0 amide bonds. The normalized spacial score (nSPS) is 14.1. The fourth-order valence-electron chi connectivity index (χ4n) is 3.84. The van der Waals surface area contributed by atoms with Gasteiger partial charge in [-0.1, -0.05) is 33.8 Å². The molecule has 6 nitrogen and oxygen atoms in total. The minimum atomic E-state index is -0.566. The lowest BCUT2D eigenvalue weighted by Gasteiger charge is -2.34. The van der Waals surface area contributed by atoms with Crippen LogP contribution in [0.2, 0.25) is 0 Å². The van der Waals surface area contributed by atoms with E-state index in [9.17, 15) is 5.11 Å². The van der Waals surface area contributed by atoms with Crippen molar-refractivity contribution >= 4 is 24.8 Å². The van der Waals surface area contributed by atoms with Crippen molar-refractivity contribution in [3.63, 3.8) is 0 Å². The van der Waals surface area contributed by atoms with Gasteiger partial charge in [0.1, 0.15) is 0 Å². The van der Waals surface area contributed by atoms with Crippen molar-refractivity contribution in [1.82, 2.24) is 5.32 Å². The van der Waals surface area contributed by atoms with Crippen LogP contribution < -0.4 is 20.5 Å². The van der Waals surface area contributed by atoms with Crippen molar-refractivity contribution in [3.05, 3.63) is 23.8 Å². The zero-order valence-electron chi connectivity index (χ0n) is 22.3. The molecule has 0 aromatic heterocycles. The summed E-state index contributed by atoms with van der Waals surface area (Å²) in [4.78, 5) is 0. The number of hydrogen-bond acceptors (Lipinski definition) is 6. The van der Waals surface area contributed by atoms with Gasteiger partial charge in [-0.2, -0.15) is 0 Å². The summed E-state index contributed by atoms with van der Waals surface area (Å²) in [6.07, 6.45) is 4.33. The molecule has 0 spiro atoms. The molecule has 0 fully saturated rings. The molecular weight excluding hydrogens is 475 g/mol. The summed E-state index contributed by atoms with van der Waals surface area (Å²) in [5, 5.41) is 14.1. The molecular formula is C26H50Cl2N2O4. The molecule has 202 valence electrons. The molecule has 8 heteroatoms. The zero-order chi connectivity index (χ0) is 24.1. The van der Waals surface area contributed by atoms with E-state index in [1.807, 2.05) is 6.07 Å². The van der Waals surface area contributed by atoms with E-state index in [0.29, 0.717) is 31.5 Å². The van der Waals surface area contributed by atoms with Gasteiger partial charge in [0.15, 0.2) is 11.5 Å². The Hall–Kier alpha value is -0.760. The summed E-state index contributed by atoms with van der Waals surface area (Å²) < 4.78 is 16.5. The standard InChI is InChI=1S/C26H48N2O4.2ClH/c1-8-26(5,9-2)28-25(27)22(29)13-12-21(19(3)4)17-20-11-14-23(31-7)24(18-20)32-16-10-15-30-6;;/h11,14,18-19,21-22,25,28-29H,8-10,12-13,15-17,27H2,1-7H3;2*1H/t21-,22-,25-;;/m0../s1. The second-order valence-electron chi connectivity index (χ2n) is 9.47. The third-order valence-corrected chi connectivity index (χ3v) is 6.74. The third-order valence-electron chi connectivity index (χ3n) is 6.74. The summed E-state index contributed by atoms with van der Waals surface area (Å²) in [5.41, 5.74) is 7.46. The van der Waals surface area contributed by atoms with Gasteiger partial charge in [-0.3, -0.25) is 5.32 Å². The highest BCUT2D eigenvalue weighted by atomic mass is 35.5. The van der Waals surface area contributed by atoms with Crippen molar-refractivity contribution in [2.75, 3.05) is 27.4 Å². The largest absolute Gasteiger partial charge is 0.493 e. The molecule has 0 bridgehead atoms. The predicted octanol–water partition coefficient (Wildman–Crippen LogP) is 5.36. The monoisotopic (exact) mass is 524 g/mol. The number of aliphatic hydroxyl groups excluding tert-OH is 1. The Bertz CT molecular complexity index is 645. The average molecular weight is 526 g/mol. The van der Waals surface area contributed by atoms with Crippen LogP contribution in [0.5, 0.6) is 11.5 Å². The van der Waals surface area contributed by atoms with E-state index in [1.54, 1.807) is 14.2 Å². The molecule has 1 rings (SSSR count). The number of aliphatic hydroxyl groups is 1. The second kappa shape index (κ2) is 18.5. The van der Waals surface area contributed by atoms with Crippen LogP contribution in [0.25, 0.3) is 0 Å². The highest BCUT2D eigenvalue weighted by Crippen LogP contribution is 2.31. The van der Waals surface area contributed by atoms with Crippen LogP contribution in [0.3, 0.4) is 0 Å². The quantitative estimate of drug-likeness (QED) is 0.188. The van der Waals surface area contributed by atoms with E-state index in [0.717, 1.165) is 43.6 Å². The molecule has 0 radical (unpaired) electrons. The van der Waals surface area contributed by atoms with E-state index in [4.69, 9.17) is 19.9 Å². The highest BCUT2D eigenvalue weighted by molar-refractivity contribution is 5.85. The average Bonchev–Trinajstić information content (AvgIpc) is 2.78. The van der Waals surface area contributed by atoms with Crippen LogP contribution in [-0.4, -0.2) is 50.3 Å². The topological polar surface area (TPSA) is 86.0 Å². The third kappa shape index (κ3) is 12.3. The number of halogens is 2. The van der Waals surface area contributed by atoms with Crippen molar-refractivity contribution in [3.8, 4) is 11.5 Å². The predicted molar refractivity (Wildman–Crippen MR) is 147 cm³/mol. The Morgan fingerprint density at radius 3 is 2.21 bits per heavy atom. The van der Waals surface area contributed by atoms with Gasteiger partial charge in [-0.15, -0.1) is 24.8 Å². The molecule has 0 saturated carbocycles. The first-order valence-electron chi connectivity index (χ1n) is 12.2. The van der Waals surface area contributed by atoms with E-state index < -0.39 is 12.3 Å². The smallest absolute Gasteiger partial charge is 0.161 e. The maximum atomic E-state index is 10.7. The Morgan fingerprint density at radius 2 is 1.68 bits per heavy atom. The van der Waals surface area contributed by atoms with Gasteiger partial charge in [0, 0.05) is 25.7 Å². The van der Waals surface area contributed by atoms with E-state index in [1.165, 1.54) is 5.56 Å². The Morgan fingerprint density at radius 1 is 1.03 bits per heavy atom. The molecule has 0 unspecified atom stereocenters. The number of ether oxygens (including phenoxy) is 3. The van der Waals surface area contributed by atoms with Gasteiger partial charge in [0.05, 0.1) is 26.0 Å². The first-order chi connectivity index (χ1) is 15.2. The van der Waals surface area contributed by atoms with E-state index >= 15 is 0 Å². The number of methoxy groups -OCH3 is 2. The molecule has 0 heterocycles. The van der Waals surface area contributed by atoms with Crippen LogP contribution in [0.1, 0.15) is 72.3 Å². The van der Waals surface area contributed by atoms with Crippen molar-refractivity contribution in [2.45, 2.75) is 91.0 Å². The van der Waals surface area contributed by atoms with Crippen LogP contribution in [0, 0.1) is 11.8 Å². The summed E-state index contributed by atoms with van der Waals surface area (Å²) in [6.45, 7) is 12.2. The molecule has 0 aliphatic carbocycles. The SMILES string of the molecule is CCC(C)(CC)N[C@H](N)[C@@H](O)CC[C@@H](Cc1ccc(OC)c(OCCCOC)c1)C(C)C.Cl.Cl. The van der Waals surface area contributed by atoms with Gasteiger partial charge >= 0.3 is 0 Å². The maximum Gasteiger partial charge on any atom is 0.161 e. The van der Waals surface area contributed by atoms with Gasteiger partial charge in [0.2, 0.25) is 0 Å². The van der Waals surface area contributed by atoms with E-state index in [-0.39, 0.29) is 30.4 Å². The molecule has 0 aliphatic rings. The van der Waals surface area contributed by atoms with Crippen LogP contribution in [0.15, 0.2) is 18.2 Å². The first-order valence-corrected chi connectivity index (χ1v) is 12.2. The second-order valence-corrected chi connectivity index (χ2v) is 9.47. The minimum Gasteiger partial charge on any atom is -0.493 e. The molecule has 0 saturated heterocycles. The fraction of sp³-hybridized carbons (Fsp3) is 0.769. The number of nitrogens with two attached hydrogens (primary N) is 1. The number of benzene rings is 1. The Labute approximate surface area is 220 Å². The van der Waals surface area contributed by atoms with Gasteiger partial charge in [0.25, 0.3) is 0 Å². The van der Waals surface area contributed by atoms with Gasteiger partial charge in [-0.05, 0) is 68.6 Å². The lowest BCUT2D eigenvalue weighted by atomic mass is 9.84. The van der Waals surface area contributed by atoms with E-state index in [2.05, 4.69) is 52.1 Å². The summed E-state index contributed by atoms with van der Waals surface area (Å²) in [6, 6.07) is 6.16. The van der Waals surface area contributed by atoms with Crippen molar-refractivity contribution in [2.24, 2.45) is 17.6 Å². The molecule has 1 aromatic rings. The van der Waals surface area contributed by atoms with Crippen LogP contribution in [-0.2, 0) is 11.2 Å². The molecule has 3 atom stereocenters. The molecule has 1 aromatic carbocycles. The molecule has 34 heavy (non-hydrogen) atoms. The molecule has 4 N–H and O–H groups in total. The minimum absolute atomic E-state index is 0. The van der Waals surface area contributed by atoms with Gasteiger partial charge < -0.3 is 25.1 Å². The fourth-order valence-corrected chi connectivity index (χ4v) is 3.84. The lowest BCUT2D eigenvalue weighted by molar-refractivity contribution is 0.0904. The van der Waals surface area contributed by atoms with Crippen molar-refractivity contribution in [1.29, 1.82) is 0 Å². The number of nitrogens with one attached hydrogen (secondary N) is 1. The van der Waals surface area contributed by atoms with Crippen LogP contribution in [0.4, 0.5) is 0 Å². The highest BCUT2D eigenvalue weighted by Gasteiger charge is 2.26. The maximum absolute atomic E-state index is 10.7. The summed E-state index contributed by atoms with van der Waals surface area (Å²) in [5.74, 6) is 2.45. The number of rotatable bonds is 17. The lowest BCUT2D eigenvalue weighted by Crippen LogP contribution is -2.56. The van der Waals surface area contributed by atoms with Gasteiger partial charge in [-0.25, -0.2) is 0 Å².